The minimum Gasteiger partial charge on any atom is -0.454 e. The van der Waals surface area contributed by atoms with Gasteiger partial charge in [-0.25, -0.2) is 0 Å². The smallest absolute Gasteiger partial charge is 0.172 e. The molecular formula is C13H16O2. The van der Waals surface area contributed by atoms with Gasteiger partial charge in [0, 0.05) is 18.6 Å². The van der Waals surface area contributed by atoms with Crippen molar-refractivity contribution >= 4 is 5.76 Å². The van der Waals surface area contributed by atoms with Crippen LogP contribution in [0.4, 0.5) is 0 Å². The minimum absolute atomic E-state index is 0.763. The summed E-state index contributed by atoms with van der Waals surface area (Å²) in [6.07, 6.45) is 1.97. The van der Waals surface area contributed by atoms with E-state index in [2.05, 4.69) is 19.1 Å². The van der Waals surface area contributed by atoms with Crippen molar-refractivity contribution in [1.29, 1.82) is 0 Å². The Morgan fingerprint density at radius 1 is 1.13 bits per heavy atom. The van der Waals surface area contributed by atoms with Gasteiger partial charge in [0.15, 0.2) is 5.76 Å². The fourth-order valence-corrected chi connectivity index (χ4v) is 1.48. The monoisotopic (exact) mass is 204 g/mol. The van der Waals surface area contributed by atoms with E-state index in [0.717, 1.165) is 37.6 Å². The van der Waals surface area contributed by atoms with Crippen LogP contribution in [-0.4, -0.2) is 13.2 Å². The topological polar surface area (TPSA) is 21.8 Å². The van der Waals surface area contributed by atoms with Crippen molar-refractivity contribution in [2.45, 2.75) is 19.8 Å². The van der Waals surface area contributed by atoms with Gasteiger partial charge in [0.05, 0.1) is 6.61 Å². The van der Waals surface area contributed by atoms with Gasteiger partial charge in [0.25, 0.3) is 0 Å². The van der Waals surface area contributed by atoms with Crippen LogP contribution >= 0.6 is 0 Å². The Morgan fingerprint density at radius 3 is 2.67 bits per heavy atom. The van der Waals surface area contributed by atoms with E-state index in [1.165, 1.54) is 5.56 Å². The van der Waals surface area contributed by atoms with Gasteiger partial charge < -0.3 is 9.47 Å². The molecule has 1 heterocycles. The van der Waals surface area contributed by atoms with Gasteiger partial charge in [-0.2, -0.15) is 0 Å². The van der Waals surface area contributed by atoms with E-state index in [1.54, 1.807) is 0 Å². The van der Waals surface area contributed by atoms with E-state index in [0.29, 0.717) is 0 Å². The molecule has 0 atom stereocenters. The predicted octanol–water partition coefficient (Wildman–Crippen LogP) is 3.20. The quantitative estimate of drug-likeness (QED) is 0.664. The molecule has 1 aliphatic heterocycles. The second-order valence-corrected chi connectivity index (χ2v) is 3.58. The minimum atomic E-state index is 0.763. The lowest BCUT2D eigenvalue weighted by Crippen LogP contribution is -1.94. The van der Waals surface area contributed by atoms with Gasteiger partial charge >= 0.3 is 0 Å². The third kappa shape index (κ3) is 2.83. The van der Waals surface area contributed by atoms with E-state index in [9.17, 15) is 0 Å². The first-order valence-electron chi connectivity index (χ1n) is 5.46. The summed E-state index contributed by atoms with van der Waals surface area (Å²) < 4.78 is 10.8. The highest BCUT2D eigenvalue weighted by molar-refractivity contribution is 5.71. The number of hydrogen-bond donors (Lipinski definition) is 0. The van der Waals surface area contributed by atoms with Crippen LogP contribution in [0.1, 0.15) is 25.3 Å². The molecule has 1 aromatic rings. The Morgan fingerprint density at radius 2 is 1.93 bits per heavy atom. The highest BCUT2D eigenvalue weighted by atomic mass is 16.6. The molecule has 1 aromatic carbocycles. The Hall–Kier alpha value is -1.28. The molecule has 0 fully saturated rings. The van der Waals surface area contributed by atoms with Crippen molar-refractivity contribution in [3.05, 3.63) is 41.7 Å². The van der Waals surface area contributed by atoms with E-state index < -0.39 is 0 Å². The van der Waals surface area contributed by atoms with Crippen LogP contribution in [0, 0.1) is 0 Å². The molecule has 0 aromatic heterocycles. The average molecular weight is 204 g/mol. The normalized spacial score (nSPS) is 13.9. The maximum Gasteiger partial charge on any atom is 0.172 e. The molecule has 0 saturated carbocycles. The van der Waals surface area contributed by atoms with Crippen LogP contribution in [0.5, 0.6) is 0 Å². The lowest BCUT2D eigenvalue weighted by molar-refractivity contribution is 0.135. The van der Waals surface area contributed by atoms with Gasteiger partial charge in [0.2, 0.25) is 0 Å². The summed E-state index contributed by atoms with van der Waals surface area (Å²) >= 11 is 0. The van der Waals surface area contributed by atoms with E-state index >= 15 is 0 Å². The Kier molecular flexibility index (Phi) is 3.41. The van der Waals surface area contributed by atoms with E-state index in [4.69, 9.17) is 9.47 Å². The molecule has 0 radical (unpaired) electrons. The van der Waals surface area contributed by atoms with Crippen molar-refractivity contribution in [2.75, 3.05) is 13.2 Å². The molecule has 0 unspecified atom stereocenters. The van der Waals surface area contributed by atoms with Gasteiger partial charge in [-0.05, 0) is 6.42 Å². The molecule has 0 saturated heterocycles. The van der Waals surface area contributed by atoms with Crippen LogP contribution < -0.4 is 0 Å². The molecule has 2 rings (SSSR count). The molecule has 0 spiro atoms. The highest BCUT2D eigenvalue weighted by Crippen LogP contribution is 2.37. The van der Waals surface area contributed by atoms with E-state index in [-0.39, 0.29) is 0 Å². The molecule has 0 bridgehead atoms. The summed E-state index contributed by atoms with van der Waals surface area (Å²) in [4.78, 5) is 0. The summed E-state index contributed by atoms with van der Waals surface area (Å²) in [5.74, 6) is 2.12. The molecule has 0 amide bonds. The number of hydrogen-bond acceptors (Lipinski definition) is 2. The molecule has 0 aliphatic carbocycles. The summed E-state index contributed by atoms with van der Waals surface area (Å²) in [6.45, 7) is 3.72. The third-order valence-corrected chi connectivity index (χ3v) is 2.29. The number of ether oxygens (including phenoxy) is 2. The van der Waals surface area contributed by atoms with Gasteiger partial charge in [0.1, 0.15) is 5.76 Å². The van der Waals surface area contributed by atoms with Gasteiger partial charge in [-0.1, -0.05) is 37.3 Å². The lowest BCUT2D eigenvalue weighted by Gasteiger charge is -1.96. The predicted molar refractivity (Wildman–Crippen MR) is 60.2 cm³/mol. The second-order valence-electron chi connectivity index (χ2n) is 3.58. The fourth-order valence-electron chi connectivity index (χ4n) is 1.48. The third-order valence-electron chi connectivity index (χ3n) is 2.29. The molecule has 2 nitrogen and oxygen atoms in total. The Balaban J connectivity index is 1.80. The van der Waals surface area contributed by atoms with Crippen molar-refractivity contribution in [3.8, 4) is 0 Å². The summed E-state index contributed by atoms with van der Waals surface area (Å²) in [5.41, 5.74) is 1.17. The van der Waals surface area contributed by atoms with Gasteiger partial charge in [-0.3, -0.25) is 0 Å². The summed E-state index contributed by atoms with van der Waals surface area (Å²) in [7, 11) is 0. The largest absolute Gasteiger partial charge is 0.454 e. The molecule has 1 aliphatic rings. The average Bonchev–Trinajstić information content (AvgIpc) is 3.05. The molecule has 80 valence electrons. The second kappa shape index (κ2) is 4.99. The standard InChI is InChI=1S/C13H16O2/c1-2-9-14-10-8-12-13(15-12)11-6-4-3-5-7-11/h3-7H,2,8-10H2,1H3. The molecule has 15 heavy (non-hydrogen) atoms. The maximum absolute atomic E-state index is 5.44. The fraction of sp³-hybridized carbons (Fsp3) is 0.385. The van der Waals surface area contributed by atoms with Crippen LogP contribution in [-0.2, 0) is 9.47 Å². The summed E-state index contributed by atoms with van der Waals surface area (Å²) in [5, 5.41) is 0. The van der Waals surface area contributed by atoms with Crippen LogP contribution in [0.2, 0.25) is 0 Å². The van der Waals surface area contributed by atoms with E-state index in [1.807, 2.05) is 18.2 Å². The van der Waals surface area contributed by atoms with Crippen molar-refractivity contribution in [1.82, 2.24) is 0 Å². The number of benzene rings is 1. The van der Waals surface area contributed by atoms with Gasteiger partial charge in [-0.15, -0.1) is 0 Å². The zero-order valence-electron chi connectivity index (χ0n) is 9.03. The SMILES string of the molecule is CCCOCCC1=C(c2ccccc2)O1. The number of rotatable bonds is 6. The van der Waals surface area contributed by atoms with Crippen molar-refractivity contribution in [2.24, 2.45) is 0 Å². The first-order valence-corrected chi connectivity index (χ1v) is 5.46. The van der Waals surface area contributed by atoms with Crippen molar-refractivity contribution < 1.29 is 9.47 Å². The molecule has 2 heteroatoms. The zero-order chi connectivity index (χ0) is 10.5. The Bertz CT molecular complexity index is 341. The van der Waals surface area contributed by atoms with Crippen LogP contribution in [0.25, 0.3) is 5.76 Å². The van der Waals surface area contributed by atoms with Crippen LogP contribution in [0.15, 0.2) is 36.1 Å². The highest BCUT2D eigenvalue weighted by Gasteiger charge is 2.25. The zero-order valence-corrected chi connectivity index (χ0v) is 9.03. The lowest BCUT2D eigenvalue weighted by atomic mass is 10.2. The first kappa shape index (κ1) is 10.2. The molecular weight excluding hydrogens is 188 g/mol. The molecule has 0 N–H and O–H groups in total. The first-order chi connectivity index (χ1) is 7.42. The summed E-state index contributed by atoms with van der Waals surface area (Å²) in [6, 6.07) is 10.2. The van der Waals surface area contributed by atoms with Crippen molar-refractivity contribution in [3.63, 3.8) is 0 Å². The Labute approximate surface area is 90.5 Å². The van der Waals surface area contributed by atoms with Crippen LogP contribution in [0.3, 0.4) is 0 Å². The maximum atomic E-state index is 5.44.